The molecular formula is C24H26FN3O4. The fourth-order valence-corrected chi connectivity index (χ4v) is 3.59. The fourth-order valence-electron chi connectivity index (χ4n) is 3.59. The molecule has 0 saturated heterocycles. The van der Waals surface area contributed by atoms with Crippen LogP contribution in [0.4, 0.5) is 14.9 Å². The number of unbranched alkanes of at least 4 members (excludes halogenated alkanes) is 1. The molecule has 8 heteroatoms. The summed E-state index contributed by atoms with van der Waals surface area (Å²) < 4.78 is 18.8. The van der Waals surface area contributed by atoms with E-state index in [0.29, 0.717) is 29.1 Å². The maximum Gasteiger partial charge on any atom is 0.337 e. The Morgan fingerprint density at radius 2 is 1.84 bits per heavy atom. The van der Waals surface area contributed by atoms with Crippen LogP contribution in [0.5, 0.6) is 0 Å². The van der Waals surface area contributed by atoms with Crippen LogP contribution in [0.1, 0.15) is 48.7 Å². The highest BCUT2D eigenvalue weighted by Gasteiger charge is 2.35. The largest absolute Gasteiger partial charge is 0.466 e. The number of rotatable bonds is 7. The zero-order valence-electron chi connectivity index (χ0n) is 18.3. The zero-order chi connectivity index (χ0) is 23.3. The Bertz CT molecular complexity index is 1050. The maximum absolute atomic E-state index is 13.8. The van der Waals surface area contributed by atoms with E-state index in [1.54, 1.807) is 42.2 Å². The van der Waals surface area contributed by atoms with Crippen molar-refractivity contribution < 1.29 is 23.5 Å². The minimum atomic E-state index is -0.691. The lowest BCUT2D eigenvalue weighted by atomic mass is 9.94. The van der Waals surface area contributed by atoms with Crippen LogP contribution in [0, 0.1) is 5.82 Å². The molecule has 2 aromatic carbocycles. The first kappa shape index (κ1) is 23.0. The molecule has 168 valence electrons. The lowest BCUT2D eigenvalue weighted by Crippen LogP contribution is -2.48. The normalized spacial score (nSPS) is 15.9. The minimum absolute atomic E-state index is 0.0603. The molecular weight excluding hydrogens is 413 g/mol. The molecule has 0 fully saturated rings. The van der Waals surface area contributed by atoms with Crippen LogP contribution in [0.15, 0.2) is 59.8 Å². The second-order valence-corrected chi connectivity index (χ2v) is 7.43. The lowest BCUT2D eigenvalue weighted by molar-refractivity contribution is -0.136. The SMILES string of the molecule is CCCCN1C(=O)NC(c2ccc(NC(=O)c3ccccc3F)cc2)C(C(=O)OC)=C1C. The van der Waals surface area contributed by atoms with Gasteiger partial charge in [-0.25, -0.2) is 14.0 Å². The number of hydrogen-bond donors (Lipinski definition) is 2. The van der Waals surface area contributed by atoms with Gasteiger partial charge in [0.05, 0.1) is 24.3 Å². The Morgan fingerprint density at radius 3 is 2.47 bits per heavy atom. The third-order valence-electron chi connectivity index (χ3n) is 5.36. The van der Waals surface area contributed by atoms with Gasteiger partial charge in [0, 0.05) is 17.9 Å². The third-order valence-corrected chi connectivity index (χ3v) is 5.36. The van der Waals surface area contributed by atoms with Crippen LogP contribution < -0.4 is 10.6 Å². The van der Waals surface area contributed by atoms with Gasteiger partial charge >= 0.3 is 12.0 Å². The number of carbonyl (C=O) groups excluding carboxylic acids is 3. The number of nitrogens with zero attached hydrogens (tertiary/aromatic N) is 1. The van der Waals surface area contributed by atoms with Crippen molar-refractivity contribution in [1.82, 2.24) is 10.2 Å². The highest BCUT2D eigenvalue weighted by molar-refractivity contribution is 6.04. The summed E-state index contributed by atoms with van der Waals surface area (Å²) >= 11 is 0. The average molecular weight is 439 g/mol. The number of benzene rings is 2. The molecule has 2 N–H and O–H groups in total. The quantitative estimate of drug-likeness (QED) is 0.627. The molecule has 0 aromatic heterocycles. The van der Waals surface area contributed by atoms with E-state index in [1.807, 2.05) is 6.92 Å². The first-order chi connectivity index (χ1) is 15.4. The van der Waals surface area contributed by atoms with Gasteiger partial charge in [0.1, 0.15) is 5.82 Å². The van der Waals surface area contributed by atoms with Crippen molar-refractivity contribution in [3.8, 4) is 0 Å². The van der Waals surface area contributed by atoms with E-state index in [1.165, 1.54) is 25.3 Å². The summed E-state index contributed by atoms with van der Waals surface area (Å²) in [7, 11) is 1.30. The molecule has 32 heavy (non-hydrogen) atoms. The number of hydrogen-bond acceptors (Lipinski definition) is 4. The van der Waals surface area contributed by atoms with Gasteiger partial charge in [-0.05, 0) is 43.2 Å². The summed E-state index contributed by atoms with van der Waals surface area (Å²) in [6.07, 6.45) is 1.72. The smallest absolute Gasteiger partial charge is 0.337 e. The number of amides is 3. The number of urea groups is 1. The highest BCUT2D eigenvalue weighted by Crippen LogP contribution is 2.32. The molecule has 7 nitrogen and oxygen atoms in total. The van der Waals surface area contributed by atoms with Crippen LogP contribution in [0.2, 0.25) is 0 Å². The van der Waals surface area contributed by atoms with Crippen molar-refractivity contribution >= 4 is 23.6 Å². The lowest BCUT2D eigenvalue weighted by Gasteiger charge is -2.35. The monoisotopic (exact) mass is 439 g/mol. The Labute approximate surface area is 186 Å². The summed E-state index contributed by atoms with van der Waals surface area (Å²) in [6, 6.07) is 11.4. The third kappa shape index (κ3) is 4.80. The summed E-state index contributed by atoms with van der Waals surface area (Å²) in [5, 5.41) is 5.52. The second kappa shape index (κ2) is 10.1. The molecule has 1 atom stereocenters. The first-order valence-corrected chi connectivity index (χ1v) is 10.4. The number of esters is 1. The predicted molar refractivity (Wildman–Crippen MR) is 118 cm³/mol. The summed E-state index contributed by atoms with van der Waals surface area (Å²) in [4.78, 5) is 39.1. The van der Waals surface area contributed by atoms with Crippen molar-refractivity contribution in [3.63, 3.8) is 0 Å². The molecule has 1 heterocycles. The number of anilines is 1. The van der Waals surface area contributed by atoms with Crippen LogP contribution in [-0.4, -0.2) is 36.5 Å². The van der Waals surface area contributed by atoms with E-state index < -0.39 is 23.7 Å². The van der Waals surface area contributed by atoms with Crippen LogP contribution in [-0.2, 0) is 9.53 Å². The maximum atomic E-state index is 13.8. The molecule has 1 aliphatic heterocycles. The molecule has 0 saturated carbocycles. The molecule has 1 unspecified atom stereocenters. The van der Waals surface area contributed by atoms with E-state index in [9.17, 15) is 18.8 Å². The molecule has 3 rings (SSSR count). The zero-order valence-corrected chi connectivity index (χ0v) is 18.3. The Morgan fingerprint density at radius 1 is 1.16 bits per heavy atom. The van der Waals surface area contributed by atoms with Crippen molar-refractivity contribution in [2.75, 3.05) is 19.0 Å². The topological polar surface area (TPSA) is 87.7 Å². The molecule has 2 aromatic rings. The Kier molecular flexibility index (Phi) is 7.25. The van der Waals surface area contributed by atoms with E-state index in [2.05, 4.69) is 10.6 Å². The summed E-state index contributed by atoms with van der Waals surface area (Å²) in [6.45, 7) is 4.26. The van der Waals surface area contributed by atoms with Crippen molar-refractivity contribution in [1.29, 1.82) is 0 Å². The number of allylic oxidation sites excluding steroid dienone is 1. The Balaban J connectivity index is 1.85. The molecule has 3 amide bonds. The van der Waals surface area contributed by atoms with E-state index >= 15 is 0 Å². The van der Waals surface area contributed by atoms with E-state index in [0.717, 1.165) is 12.8 Å². The number of methoxy groups -OCH3 is 1. The van der Waals surface area contributed by atoms with Crippen molar-refractivity contribution in [3.05, 3.63) is 76.7 Å². The summed E-state index contributed by atoms with van der Waals surface area (Å²) in [5.41, 5.74) is 1.95. The van der Waals surface area contributed by atoms with Crippen molar-refractivity contribution in [2.45, 2.75) is 32.7 Å². The molecule has 0 aliphatic carbocycles. The molecule has 0 radical (unpaired) electrons. The van der Waals surface area contributed by atoms with Crippen LogP contribution in [0.3, 0.4) is 0 Å². The predicted octanol–water partition coefficient (Wildman–Crippen LogP) is 4.39. The van der Waals surface area contributed by atoms with Gasteiger partial charge < -0.3 is 15.4 Å². The number of nitrogens with one attached hydrogen (secondary N) is 2. The number of carbonyl (C=O) groups is 3. The number of ether oxygens (including phenoxy) is 1. The van der Waals surface area contributed by atoms with Crippen molar-refractivity contribution in [2.24, 2.45) is 0 Å². The first-order valence-electron chi connectivity index (χ1n) is 10.4. The fraction of sp³-hybridized carbons (Fsp3) is 0.292. The van der Waals surface area contributed by atoms with Gasteiger partial charge in [0.2, 0.25) is 0 Å². The standard InChI is InChI=1S/C24H26FN3O4/c1-4-5-14-28-15(2)20(23(30)32-3)21(27-24(28)31)16-10-12-17(13-11-16)26-22(29)18-8-6-7-9-19(18)25/h6-13,21H,4-5,14H2,1-3H3,(H,26,29)(H,27,31). The number of halogens is 1. The Hall–Kier alpha value is -3.68. The molecule has 1 aliphatic rings. The molecule has 0 spiro atoms. The van der Waals surface area contributed by atoms with Gasteiger partial charge in [0.25, 0.3) is 5.91 Å². The van der Waals surface area contributed by atoms with Gasteiger partial charge in [-0.2, -0.15) is 0 Å². The van der Waals surface area contributed by atoms with E-state index in [4.69, 9.17) is 4.74 Å². The molecule has 0 bridgehead atoms. The van der Waals surface area contributed by atoms with Crippen LogP contribution in [0.25, 0.3) is 0 Å². The average Bonchev–Trinajstić information content (AvgIpc) is 2.79. The highest BCUT2D eigenvalue weighted by atomic mass is 19.1. The minimum Gasteiger partial charge on any atom is -0.466 e. The van der Waals surface area contributed by atoms with Crippen LogP contribution >= 0.6 is 0 Å². The van der Waals surface area contributed by atoms with Gasteiger partial charge in [-0.1, -0.05) is 37.6 Å². The van der Waals surface area contributed by atoms with E-state index in [-0.39, 0.29) is 11.6 Å². The van der Waals surface area contributed by atoms with Gasteiger partial charge in [-0.3, -0.25) is 9.69 Å². The van der Waals surface area contributed by atoms with Gasteiger partial charge in [-0.15, -0.1) is 0 Å². The summed E-state index contributed by atoms with van der Waals surface area (Å²) in [5.74, 6) is -1.70. The van der Waals surface area contributed by atoms with Gasteiger partial charge in [0.15, 0.2) is 0 Å². The second-order valence-electron chi connectivity index (χ2n) is 7.43.